The van der Waals surface area contributed by atoms with Gasteiger partial charge in [0.1, 0.15) is 6.26 Å². The van der Waals surface area contributed by atoms with Gasteiger partial charge in [-0.05, 0) is 62.4 Å². The number of ether oxygens (including phenoxy) is 2. The number of nitrogens with zero attached hydrogens (tertiary/aromatic N) is 2. The number of esters is 1. The minimum absolute atomic E-state index is 0.0947. The monoisotopic (exact) mass is 340 g/mol. The molecule has 4 aliphatic carbocycles. The SMILES string of the molecule is O=C(Oc1coc2c1OC1N=CC=CN21)C12CC3CC(CC(C3)C1)C2. The number of allylic oxidation sites excluding steroid dienone is 1. The van der Waals surface area contributed by atoms with Crippen molar-refractivity contribution in [3.63, 3.8) is 0 Å². The number of fused-ring (bicyclic) bond motifs is 3. The van der Waals surface area contributed by atoms with E-state index in [4.69, 9.17) is 13.9 Å². The maximum absolute atomic E-state index is 13.1. The molecular formula is C19H20N2O4. The highest BCUT2D eigenvalue weighted by Crippen LogP contribution is 2.60. The highest BCUT2D eigenvalue weighted by molar-refractivity contribution is 5.82. The highest BCUT2D eigenvalue weighted by atomic mass is 16.6. The van der Waals surface area contributed by atoms with Gasteiger partial charge in [-0.2, -0.15) is 0 Å². The first-order valence-electron chi connectivity index (χ1n) is 9.19. The van der Waals surface area contributed by atoms with Crippen molar-refractivity contribution >= 4 is 18.1 Å². The van der Waals surface area contributed by atoms with Gasteiger partial charge in [-0.3, -0.25) is 9.69 Å². The molecule has 0 amide bonds. The first-order valence-corrected chi connectivity index (χ1v) is 9.19. The molecule has 1 aromatic heterocycles. The fourth-order valence-corrected chi connectivity index (χ4v) is 6.01. The Labute approximate surface area is 145 Å². The van der Waals surface area contributed by atoms with Crippen LogP contribution in [0.5, 0.6) is 11.5 Å². The summed E-state index contributed by atoms with van der Waals surface area (Å²) in [6, 6.07) is 0. The summed E-state index contributed by atoms with van der Waals surface area (Å²) in [5.41, 5.74) is -0.289. The number of hydrogen-bond donors (Lipinski definition) is 0. The lowest BCUT2D eigenvalue weighted by atomic mass is 9.49. The second kappa shape index (κ2) is 4.68. The molecule has 25 heavy (non-hydrogen) atoms. The van der Waals surface area contributed by atoms with Gasteiger partial charge < -0.3 is 13.9 Å². The van der Waals surface area contributed by atoms with Gasteiger partial charge in [-0.1, -0.05) is 0 Å². The molecule has 4 fully saturated rings. The van der Waals surface area contributed by atoms with E-state index < -0.39 is 6.35 Å². The molecule has 0 N–H and O–H groups in total. The van der Waals surface area contributed by atoms with Crippen molar-refractivity contribution < 1.29 is 18.7 Å². The van der Waals surface area contributed by atoms with Crippen LogP contribution in [-0.2, 0) is 4.79 Å². The summed E-state index contributed by atoms with van der Waals surface area (Å²) in [6.07, 6.45) is 13.2. The van der Waals surface area contributed by atoms with Crippen LogP contribution in [0.25, 0.3) is 0 Å². The Bertz CT molecular complexity index is 773. The fourth-order valence-electron chi connectivity index (χ4n) is 6.01. The lowest BCUT2D eigenvalue weighted by molar-refractivity contribution is -0.161. The van der Waals surface area contributed by atoms with Gasteiger partial charge in [0.05, 0.1) is 5.41 Å². The van der Waals surface area contributed by atoms with E-state index in [-0.39, 0.29) is 11.4 Å². The molecule has 6 heteroatoms. The molecule has 0 saturated heterocycles. The van der Waals surface area contributed by atoms with Gasteiger partial charge in [0.2, 0.25) is 11.5 Å². The molecule has 6 nitrogen and oxygen atoms in total. The van der Waals surface area contributed by atoms with E-state index in [0.29, 0.717) is 35.1 Å². The molecule has 2 aliphatic heterocycles. The molecule has 3 heterocycles. The van der Waals surface area contributed by atoms with Gasteiger partial charge in [0.25, 0.3) is 12.2 Å². The van der Waals surface area contributed by atoms with Crippen LogP contribution in [-0.4, -0.2) is 18.5 Å². The molecule has 0 spiro atoms. The van der Waals surface area contributed by atoms with E-state index in [0.717, 1.165) is 19.3 Å². The third kappa shape index (κ3) is 1.91. The zero-order chi connectivity index (χ0) is 16.6. The van der Waals surface area contributed by atoms with E-state index in [2.05, 4.69) is 4.99 Å². The summed E-state index contributed by atoms with van der Waals surface area (Å²) in [6.45, 7) is 0. The number of anilines is 1. The predicted octanol–water partition coefficient (Wildman–Crippen LogP) is 3.48. The second-order valence-electron chi connectivity index (χ2n) is 8.31. The highest BCUT2D eigenvalue weighted by Gasteiger charge is 2.56. The largest absolute Gasteiger partial charge is 0.441 e. The predicted molar refractivity (Wildman–Crippen MR) is 89.5 cm³/mol. The summed E-state index contributed by atoms with van der Waals surface area (Å²) < 4.78 is 17.2. The molecule has 0 aromatic carbocycles. The van der Waals surface area contributed by atoms with E-state index in [9.17, 15) is 4.79 Å². The lowest BCUT2D eigenvalue weighted by Gasteiger charge is -2.55. The number of rotatable bonds is 2. The fraction of sp³-hybridized carbons (Fsp3) is 0.579. The molecule has 1 unspecified atom stereocenters. The average Bonchev–Trinajstić information content (AvgIpc) is 3.13. The quantitative estimate of drug-likeness (QED) is 0.771. The second-order valence-corrected chi connectivity index (χ2v) is 8.31. The summed E-state index contributed by atoms with van der Waals surface area (Å²) in [7, 11) is 0. The topological polar surface area (TPSA) is 64.3 Å². The summed E-state index contributed by atoms with van der Waals surface area (Å²) in [4.78, 5) is 19.1. The van der Waals surface area contributed by atoms with E-state index in [1.165, 1.54) is 25.5 Å². The van der Waals surface area contributed by atoms with Gasteiger partial charge >= 0.3 is 5.97 Å². The van der Waals surface area contributed by atoms with Crippen LogP contribution >= 0.6 is 0 Å². The Hall–Kier alpha value is -2.24. The van der Waals surface area contributed by atoms with Crippen molar-refractivity contribution in [3.05, 3.63) is 18.5 Å². The first-order chi connectivity index (χ1) is 12.2. The van der Waals surface area contributed by atoms with Crippen molar-refractivity contribution in [1.29, 1.82) is 0 Å². The number of furan rings is 1. The number of aliphatic imine (C=N–C) groups is 1. The van der Waals surface area contributed by atoms with Crippen LogP contribution in [0, 0.1) is 23.2 Å². The van der Waals surface area contributed by atoms with Crippen LogP contribution < -0.4 is 14.4 Å². The average molecular weight is 340 g/mol. The molecular weight excluding hydrogens is 320 g/mol. The Morgan fingerprint density at radius 1 is 1.20 bits per heavy atom. The Kier molecular flexibility index (Phi) is 2.62. The molecule has 1 aromatic rings. The van der Waals surface area contributed by atoms with E-state index in [1.807, 2.05) is 12.3 Å². The van der Waals surface area contributed by atoms with Gasteiger partial charge in [-0.15, -0.1) is 0 Å². The molecule has 1 atom stereocenters. The minimum Gasteiger partial charge on any atom is -0.441 e. The summed E-state index contributed by atoms with van der Waals surface area (Å²) in [5, 5.41) is 0. The molecule has 0 radical (unpaired) electrons. The van der Waals surface area contributed by atoms with Crippen molar-refractivity contribution in [3.8, 4) is 11.5 Å². The van der Waals surface area contributed by atoms with Crippen LogP contribution in [0.15, 0.2) is 27.9 Å². The zero-order valence-electron chi connectivity index (χ0n) is 13.9. The van der Waals surface area contributed by atoms with Gasteiger partial charge in [0.15, 0.2) is 0 Å². The van der Waals surface area contributed by atoms with Crippen molar-refractivity contribution in [2.45, 2.75) is 44.9 Å². The molecule has 6 aliphatic rings. The molecule has 7 rings (SSSR count). The van der Waals surface area contributed by atoms with Crippen LogP contribution in [0.2, 0.25) is 0 Å². The maximum atomic E-state index is 13.1. The summed E-state index contributed by atoms with van der Waals surface area (Å²) >= 11 is 0. The molecule has 4 bridgehead atoms. The molecule has 130 valence electrons. The first kappa shape index (κ1) is 14.0. The van der Waals surface area contributed by atoms with Gasteiger partial charge in [0, 0.05) is 12.4 Å². The molecule has 4 saturated carbocycles. The van der Waals surface area contributed by atoms with Crippen LogP contribution in [0.1, 0.15) is 38.5 Å². The third-order valence-corrected chi connectivity index (χ3v) is 6.61. The van der Waals surface area contributed by atoms with Crippen molar-refractivity contribution in [1.82, 2.24) is 0 Å². The summed E-state index contributed by atoms with van der Waals surface area (Å²) in [5.74, 6) is 3.44. The Morgan fingerprint density at radius 2 is 1.92 bits per heavy atom. The number of carbonyl (C=O) groups excluding carboxylic acids is 1. The minimum atomic E-state index is -0.461. The standard InChI is InChI=1S/C19H20N2O4/c22-17(19-7-11-4-12(8-19)6-13(5-11)9-19)24-14-10-23-16-15(14)25-18-20-2-1-3-21(16)18/h1-3,10-13,18H,4-9H2. The number of carbonyl (C=O) groups is 1. The van der Waals surface area contributed by atoms with E-state index in [1.54, 1.807) is 11.1 Å². The van der Waals surface area contributed by atoms with Crippen LogP contribution in [0.3, 0.4) is 0 Å². The van der Waals surface area contributed by atoms with E-state index >= 15 is 0 Å². The van der Waals surface area contributed by atoms with Crippen molar-refractivity contribution in [2.24, 2.45) is 28.2 Å². The van der Waals surface area contributed by atoms with Crippen LogP contribution in [0.4, 0.5) is 5.88 Å². The Balaban J connectivity index is 1.27. The number of hydrogen-bond acceptors (Lipinski definition) is 6. The van der Waals surface area contributed by atoms with Crippen molar-refractivity contribution in [2.75, 3.05) is 4.90 Å². The Morgan fingerprint density at radius 3 is 2.64 bits per heavy atom. The smallest absolute Gasteiger partial charge is 0.317 e. The lowest BCUT2D eigenvalue weighted by Crippen LogP contribution is -2.51. The zero-order valence-corrected chi connectivity index (χ0v) is 13.9. The normalized spacial score (nSPS) is 39.3. The van der Waals surface area contributed by atoms with Gasteiger partial charge in [-0.25, -0.2) is 4.99 Å². The third-order valence-electron chi connectivity index (χ3n) is 6.61. The maximum Gasteiger partial charge on any atom is 0.317 e.